The quantitative estimate of drug-likeness (QED) is 0.774. The molecule has 3 aromatic heterocycles. The Kier molecular flexibility index (Phi) is 4.55. The SMILES string of the molecule is Cc1cc(NC(C)Cc2c(C)noc2C)nc(-c2ccncc2)n1. The highest BCUT2D eigenvalue weighted by Crippen LogP contribution is 2.19. The van der Waals surface area contributed by atoms with Gasteiger partial charge in [0.1, 0.15) is 11.6 Å². The molecule has 3 rings (SSSR count). The lowest BCUT2D eigenvalue weighted by Crippen LogP contribution is -2.20. The summed E-state index contributed by atoms with van der Waals surface area (Å²) in [6, 6.07) is 5.97. The summed E-state index contributed by atoms with van der Waals surface area (Å²) in [4.78, 5) is 13.2. The van der Waals surface area contributed by atoms with E-state index in [-0.39, 0.29) is 6.04 Å². The molecule has 0 spiro atoms. The normalized spacial score (nSPS) is 12.2. The van der Waals surface area contributed by atoms with Crippen molar-refractivity contribution in [1.82, 2.24) is 20.1 Å². The molecule has 3 aromatic rings. The number of hydrogen-bond donors (Lipinski definition) is 1. The summed E-state index contributed by atoms with van der Waals surface area (Å²) in [5.41, 5.74) is 3.96. The molecule has 24 heavy (non-hydrogen) atoms. The Morgan fingerprint density at radius 1 is 1.12 bits per heavy atom. The van der Waals surface area contributed by atoms with Crippen molar-refractivity contribution in [2.45, 2.75) is 40.2 Å². The average molecular weight is 323 g/mol. The lowest BCUT2D eigenvalue weighted by atomic mass is 10.1. The highest BCUT2D eigenvalue weighted by Gasteiger charge is 2.14. The molecule has 124 valence electrons. The second-order valence-electron chi connectivity index (χ2n) is 6.01. The molecule has 1 unspecified atom stereocenters. The Hall–Kier alpha value is -2.76. The van der Waals surface area contributed by atoms with Gasteiger partial charge < -0.3 is 9.84 Å². The van der Waals surface area contributed by atoms with Crippen LogP contribution in [0.1, 0.15) is 29.6 Å². The van der Waals surface area contributed by atoms with Crippen LogP contribution >= 0.6 is 0 Å². The minimum Gasteiger partial charge on any atom is -0.367 e. The van der Waals surface area contributed by atoms with Gasteiger partial charge in [0, 0.05) is 41.3 Å². The minimum absolute atomic E-state index is 0.196. The van der Waals surface area contributed by atoms with Crippen molar-refractivity contribution in [3.05, 3.63) is 53.3 Å². The fourth-order valence-corrected chi connectivity index (χ4v) is 2.68. The van der Waals surface area contributed by atoms with Gasteiger partial charge >= 0.3 is 0 Å². The average Bonchev–Trinajstić information content (AvgIpc) is 2.87. The number of hydrogen-bond acceptors (Lipinski definition) is 6. The molecule has 0 saturated heterocycles. The fourth-order valence-electron chi connectivity index (χ4n) is 2.68. The number of rotatable bonds is 5. The summed E-state index contributed by atoms with van der Waals surface area (Å²) >= 11 is 0. The lowest BCUT2D eigenvalue weighted by molar-refractivity contribution is 0.392. The predicted molar refractivity (Wildman–Crippen MR) is 92.8 cm³/mol. The Morgan fingerprint density at radius 3 is 2.54 bits per heavy atom. The zero-order valence-electron chi connectivity index (χ0n) is 14.4. The number of pyridine rings is 1. The van der Waals surface area contributed by atoms with Crippen LogP contribution in [0, 0.1) is 20.8 Å². The molecule has 6 nitrogen and oxygen atoms in total. The maximum absolute atomic E-state index is 5.23. The summed E-state index contributed by atoms with van der Waals surface area (Å²) < 4.78 is 5.23. The van der Waals surface area contributed by atoms with Gasteiger partial charge in [-0.05, 0) is 46.2 Å². The molecule has 0 bridgehead atoms. The van der Waals surface area contributed by atoms with E-state index in [0.29, 0.717) is 5.82 Å². The maximum Gasteiger partial charge on any atom is 0.161 e. The number of nitrogens with zero attached hydrogens (tertiary/aromatic N) is 4. The van der Waals surface area contributed by atoms with E-state index in [9.17, 15) is 0 Å². The van der Waals surface area contributed by atoms with Crippen molar-refractivity contribution in [3.63, 3.8) is 0 Å². The van der Waals surface area contributed by atoms with Crippen LogP contribution in [0.3, 0.4) is 0 Å². The number of aromatic nitrogens is 4. The summed E-state index contributed by atoms with van der Waals surface area (Å²) in [6.07, 6.45) is 4.32. The summed E-state index contributed by atoms with van der Waals surface area (Å²) in [7, 11) is 0. The van der Waals surface area contributed by atoms with Crippen LogP contribution in [-0.4, -0.2) is 26.2 Å². The molecule has 0 aromatic carbocycles. The van der Waals surface area contributed by atoms with Crippen LogP contribution in [0.15, 0.2) is 35.1 Å². The van der Waals surface area contributed by atoms with Crippen LogP contribution in [0.5, 0.6) is 0 Å². The van der Waals surface area contributed by atoms with E-state index in [2.05, 4.69) is 32.3 Å². The summed E-state index contributed by atoms with van der Waals surface area (Å²) in [5, 5.41) is 7.46. The van der Waals surface area contributed by atoms with E-state index in [0.717, 1.165) is 40.5 Å². The van der Waals surface area contributed by atoms with E-state index in [4.69, 9.17) is 4.52 Å². The number of aryl methyl sites for hydroxylation is 3. The molecule has 0 aliphatic rings. The third-order valence-corrected chi connectivity index (χ3v) is 3.88. The van der Waals surface area contributed by atoms with Crippen molar-refractivity contribution in [1.29, 1.82) is 0 Å². The standard InChI is InChI=1S/C18H21N5O/c1-11(9-16-13(3)23-24-14(16)4)20-17-10-12(2)21-18(22-17)15-5-7-19-8-6-15/h5-8,10-11H,9H2,1-4H3,(H,20,21,22). The Morgan fingerprint density at radius 2 is 1.88 bits per heavy atom. The highest BCUT2D eigenvalue weighted by molar-refractivity contribution is 5.56. The van der Waals surface area contributed by atoms with Gasteiger partial charge in [-0.3, -0.25) is 4.98 Å². The largest absolute Gasteiger partial charge is 0.367 e. The van der Waals surface area contributed by atoms with Gasteiger partial charge in [-0.25, -0.2) is 9.97 Å². The molecule has 0 aliphatic heterocycles. The first-order valence-electron chi connectivity index (χ1n) is 7.97. The molecular formula is C18H21N5O. The Labute approximate surface area is 141 Å². The minimum atomic E-state index is 0.196. The van der Waals surface area contributed by atoms with Gasteiger partial charge in [-0.15, -0.1) is 0 Å². The molecule has 6 heteroatoms. The van der Waals surface area contributed by atoms with E-state index >= 15 is 0 Å². The van der Waals surface area contributed by atoms with Crippen LogP contribution in [-0.2, 0) is 6.42 Å². The number of nitrogens with one attached hydrogen (secondary N) is 1. The molecule has 1 atom stereocenters. The third kappa shape index (κ3) is 3.59. The van der Waals surface area contributed by atoms with Crippen molar-refractivity contribution < 1.29 is 4.52 Å². The Balaban J connectivity index is 1.79. The van der Waals surface area contributed by atoms with E-state index in [1.165, 1.54) is 0 Å². The van der Waals surface area contributed by atoms with Gasteiger partial charge in [0.25, 0.3) is 0 Å². The zero-order chi connectivity index (χ0) is 17.1. The first kappa shape index (κ1) is 16.1. The van der Waals surface area contributed by atoms with Gasteiger partial charge in [0.15, 0.2) is 5.82 Å². The van der Waals surface area contributed by atoms with Crippen LogP contribution < -0.4 is 5.32 Å². The lowest BCUT2D eigenvalue weighted by Gasteiger charge is -2.15. The molecule has 0 fully saturated rings. The topological polar surface area (TPSA) is 76.7 Å². The Bertz CT molecular complexity index is 809. The first-order valence-corrected chi connectivity index (χ1v) is 7.97. The first-order chi connectivity index (χ1) is 11.5. The van der Waals surface area contributed by atoms with Crippen molar-refractivity contribution in [2.24, 2.45) is 0 Å². The van der Waals surface area contributed by atoms with Crippen LogP contribution in [0.4, 0.5) is 5.82 Å². The van der Waals surface area contributed by atoms with Gasteiger partial charge in [0.2, 0.25) is 0 Å². The van der Waals surface area contributed by atoms with Crippen LogP contribution in [0.2, 0.25) is 0 Å². The second-order valence-corrected chi connectivity index (χ2v) is 6.01. The van der Waals surface area contributed by atoms with Gasteiger partial charge in [0.05, 0.1) is 5.69 Å². The molecule has 1 N–H and O–H groups in total. The van der Waals surface area contributed by atoms with Crippen molar-refractivity contribution >= 4 is 5.82 Å². The molecule has 0 radical (unpaired) electrons. The highest BCUT2D eigenvalue weighted by atomic mass is 16.5. The fraction of sp³-hybridized carbons (Fsp3) is 0.333. The second kappa shape index (κ2) is 6.78. The van der Waals surface area contributed by atoms with E-state index in [1.807, 2.05) is 39.0 Å². The van der Waals surface area contributed by atoms with Gasteiger partial charge in [-0.1, -0.05) is 5.16 Å². The van der Waals surface area contributed by atoms with Crippen LogP contribution in [0.25, 0.3) is 11.4 Å². The molecule has 0 aliphatic carbocycles. The van der Waals surface area contributed by atoms with Crippen molar-refractivity contribution in [3.8, 4) is 11.4 Å². The van der Waals surface area contributed by atoms with E-state index < -0.39 is 0 Å². The zero-order valence-corrected chi connectivity index (χ0v) is 14.4. The molecule has 0 saturated carbocycles. The predicted octanol–water partition coefficient (Wildman–Crippen LogP) is 3.49. The molecule has 0 amide bonds. The number of anilines is 1. The smallest absolute Gasteiger partial charge is 0.161 e. The summed E-state index contributed by atoms with van der Waals surface area (Å²) in [5.74, 6) is 2.38. The molecular weight excluding hydrogens is 302 g/mol. The summed E-state index contributed by atoms with van der Waals surface area (Å²) in [6.45, 7) is 8.00. The molecule has 3 heterocycles. The van der Waals surface area contributed by atoms with E-state index in [1.54, 1.807) is 12.4 Å². The van der Waals surface area contributed by atoms with Crippen molar-refractivity contribution in [2.75, 3.05) is 5.32 Å². The monoisotopic (exact) mass is 323 g/mol. The third-order valence-electron chi connectivity index (χ3n) is 3.88. The maximum atomic E-state index is 5.23. The van der Waals surface area contributed by atoms with Gasteiger partial charge in [-0.2, -0.15) is 0 Å².